The molecule has 0 bridgehead atoms. The monoisotopic (exact) mass is 323 g/mol. The summed E-state index contributed by atoms with van der Waals surface area (Å²) in [7, 11) is -2.22. The van der Waals surface area contributed by atoms with Crippen molar-refractivity contribution in [3.05, 3.63) is 30.3 Å². The Kier molecular flexibility index (Phi) is 4.86. The summed E-state index contributed by atoms with van der Waals surface area (Å²) in [5, 5.41) is 6.03. The van der Waals surface area contributed by atoms with E-state index < -0.39 is 15.0 Å². The van der Waals surface area contributed by atoms with Gasteiger partial charge in [0.2, 0.25) is 15.7 Å². The number of rotatable bonds is 3. The molecule has 1 saturated heterocycles. The zero-order valence-corrected chi connectivity index (χ0v) is 12.9. The smallest absolute Gasteiger partial charge is 0.269 e. The maximum atomic E-state index is 12.5. The zero-order chi connectivity index (χ0) is 16.2. The van der Waals surface area contributed by atoms with E-state index in [1.54, 1.807) is 37.4 Å². The number of nitrogens with two attached hydrogens (primary N) is 1. The van der Waals surface area contributed by atoms with Gasteiger partial charge in [0.15, 0.2) is 0 Å². The van der Waals surface area contributed by atoms with Crippen molar-refractivity contribution in [2.24, 2.45) is 21.2 Å². The first-order valence-electron chi connectivity index (χ1n) is 6.67. The Labute approximate surface area is 128 Å². The molecule has 0 unspecified atom stereocenters. The number of hydrogen-bond donors (Lipinski definition) is 1. The first kappa shape index (κ1) is 16.1. The summed E-state index contributed by atoms with van der Waals surface area (Å²) in [4.78, 5) is 16.9. The molecule has 0 saturated carbocycles. The lowest BCUT2D eigenvalue weighted by Gasteiger charge is -2.19. The quantitative estimate of drug-likeness (QED) is 0.294. The molecule has 0 spiro atoms. The zero-order valence-electron chi connectivity index (χ0n) is 12.1. The van der Waals surface area contributed by atoms with Gasteiger partial charge >= 0.3 is 0 Å². The van der Waals surface area contributed by atoms with Gasteiger partial charge in [0.1, 0.15) is 0 Å². The number of sulfone groups is 1. The van der Waals surface area contributed by atoms with Crippen LogP contribution in [0, 0.1) is 0 Å². The van der Waals surface area contributed by atoms with Gasteiger partial charge in [0.05, 0.1) is 11.4 Å². The van der Waals surface area contributed by atoms with Crippen LogP contribution >= 0.6 is 0 Å². The second-order valence-electron chi connectivity index (χ2n) is 4.92. The molecule has 1 heterocycles. The third kappa shape index (κ3) is 3.67. The Balaban J connectivity index is 2.27. The van der Waals surface area contributed by atoms with E-state index in [4.69, 9.17) is 5.84 Å². The Morgan fingerprint density at radius 1 is 1.36 bits per heavy atom. The number of benzene rings is 1. The third-order valence-electron chi connectivity index (χ3n) is 3.45. The number of para-hydroxylation sites is 1. The molecule has 1 aliphatic heterocycles. The minimum Gasteiger partial charge on any atom is -0.342 e. The van der Waals surface area contributed by atoms with Gasteiger partial charge in [0.25, 0.3) is 5.17 Å². The van der Waals surface area contributed by atoms with Crippen LogP contribution in [0.1, 0.15) is 12.8 Å². The van der Waals surface area contributed by atoms with Crippen LogP contribution in [0.15, 0.2) is 45.7 Å². The highest BCUT2D eigenvalue weighted by Gasteiger charge is 2.34. The number of amidine groups is 1. The van der Waals surface area contributed by atoms with E-state index in [0.29, 0.717) is 18.5 Å². The fraction of sp³-hybridized carbons (Fsp3) is 0.385. The minimum atomic E-state index is -3.81. The Bertz CT molecular complexity index is 700. The van der Waals surface area contributed by atoms with E-state index in [2.05, 4.69) is 15.3 Å². The summed E-state index contributed by atoms with van der Waals surface area (Å²) in [5.41, 5.74) is 0.435. The topological polar surface area (TPSA) is 118 Å². The van der Waals surface area contributed by atoms with Gasteiger partial charge < -0.3 is 10.7 Å². The second-order valence-corrected chi connectivity index (χ2v) is 6.85. The first-order chi connectivity index (χ1) is 10.4. The largest absolute Gasteiger partial charge is 0.342 e. The SMILES string of the molecule is CN1C(=O)CC[C@@H]1CS(=O)(=O)C(N=NN)=Nc1ccccc1. The molecule has 1 aliphatic rings. The standard InChI is InChI=1S/C13H17N5O3S/c1-18-11(7-8-12(18)19)9-22(20,21)13(16-17-14)15-10-5-3-2-4-6-10/h2-6,11H,7-9H2,1H3,(H2,14,15,16)/t11-/m1/s1. The van der Waals surface area contributed by atoms with Gasteiger partial charge in [-0.2, -0.15) is 0 Å². The maximum absolute atomic E-state index is 12.5. The molecule has 2 rings (SSSR count). The molecular weight excluding hydrogens is 306 g/mol. The van der Waals surface area contributed by atoms with Gasteiger partial charge in [-0.05, 0) is 18.6 Å². The molecule has 1 atom stereocenters. The van der Waals surface area contributed by atoms with Crippen molar-refractivity contribution in [1.82, 2.24) is 4.90 Å². The average Bonchev–Trinajstić information content (AvgIpc) is 2.79. The molecule has 8 nitrogen and oxygen atoms in total. The molecule has 0 aromatic heterocycles. The number of hydrogen-bond acceptors (Lipinski definition) is 5. The molecular formula is C13H17N5O3S. The minimum absolute atomic E-state index is 0.0674. The summed E-state index contributed by atoms with van der Waals surface area (Å²) in [6, 6.07) is 8.15. The van der Waals surface area contributed by atoms with Crippen LogP contribution in [0.3, 0.4) is 0 Å². The molecule has 9 heteroatoms. The Morgan fingerprint density at radius 2 is 2.05 bits per heavy atom. The normalized spacial score (nSPS) is 20.0. The lowest BCUT2D eigenvalue weighted by Crippen LogP contribution is -2.36. The Morgan fingerprint density at radius 3 is 2.59 bits per heavy atom. The summed E-state index contributed by atoms with van der Waals surface area (Å²) in [6.45, 7) is 0. The molecule has 1 aromatic rings. The molecule has 118 valence electrons. The number of likely N-dealkylation sites (tertiary alicyclic amines) is 1. The molecule has 0 radical (unpaired) electrons. The number of carbonyl (C=O) groups excluding carboxylic acids is 1. The van der Waals surface area contributed by atoms with Crippen molar-refractivity contribution in [3.63, 3.8) is 0 Å². The van der Waals surface area contributed by atoms with Crippen LogP contribution in [0.25, 0.3) is 0 Å². The van der Waals surface area contributed by atoms with Crippen LogP contribution in [-0.4, -0.2) is 43.2 Å². The highest BCUT2D eigenvalue weighted by Crippen LogP contribution is 2.20. The van der Waals surface area contributed by atoms with E-state index in [0.717, 1.165) is 0 Å². The fourth-order valence-corrected chi connectivity index (χ4v) is 3.67. The lowest BCUT2D eigenvalue weighted by atomic mass is 10.2. The first-order valence-corrected chi connectivity index (χ1v) is 8.32. The highest BCUT2D eigenvalue weighted by atomic mass is 32.2. The van der Waals surface area contributed by atoms with E-state index in [-0.39, 0.29) is 17.7 Å². The fourth-order valence-electron chi connectivity index (χ4n) is 2.20. The molecule has 1 amide bonds. The molecule has 1 aromatic carbocycles. The predicted octanol–water partition coefficient (Wildman–Crippen LogP) is 1.04. The summed E-state index contributed by atoms with van der Waals surface area (Å²) < 4.78 is 24.9. The van der Waals surface area contributed by atoms with Crippen LogP contribution in [0.4, 0.5) is 5.69 Å². The molecule has 2 N–H and O–H groups in total. The van der Waals surface area contributed by atoms with Gasteiger partial charge in [-0.1, -0.05) is 28.5 Å². The number of aliphatic imine (C=N–C) groups is 1. The van der Waals surface area contributed by atoms with Crippen molar-refractivity contribution >= 4 is 26.6 Å². The highest BCUT2D eigenvalue weighted by molar-refractivity contribution is 8.06. The van der Waals surface area contributed by atoms with E-state index in [1.165, 1.54) is 4.90 Å². The van der Waals surface area contributed by atoms with Crippen LogP contribution < -0.4 is 5.84 Å². The Hall–Kier alpha value is -2.29. The van der Waals surface area contributed by atoms with E-state index >= 15 is 0 Å². The van der Waals surface area contributed by atoms with Crippen molar-refractivity contribution in [2.75, 3.05) is 12.8 Å². The van der Waals surface area contributed by atoms with Crippen molar-refractivity contribution in [3.8, 4) is 0 Å². The van der Waals surface area contributed by atoms with Gasteiger partial charge in [-0.25, -0.2) is 13.4 Å². The third-order valence-corrected chi connectivity index (χ3v) is 5.00. The van der Waals surface area contributed by atoms with E-state index in [1.807, 2.05) is 0 Å². The number of amides is 1. The van der Waals surface area contributed by atoms with Crippen molar-refractivity contribution < 1.29 is 13.2 Å². The summed E-state index contributed by atoms with van der Waals surface area (Å²) in [6.07, 6.45) is 0.840. The number of carbonyl (C=O) groups is 1. The van der Waals surface area contributed by atoms with Crippen LogP contribution in [0.5, 0.6) is 0 Å². The molecule has 0 aliphatic carbocycles. The second kappa shape index (κ2) is 6.65. The number of nitrogens with zero attached hydrogens (tertiary/aromatic N) is 4. The summed E-state index contributed by atoms with van der Waals surface area (Å²) in [5.74, 6) is 4.67. The maximum Gasteiger partial charge on any atom is 0.269 e. The van der Waals surface area contributed by atoms with Gasteiger partial charge in [-0.3, -0.25) is 4.79 Å². The van der Waals surface area contributed by atoms with Crippen molar-refractivity contribution in [1.29, 1.82) is 0 Å². The average molecular weight is 323 g/mol. The molecule has 1 fully saturated rings. The van der Waals surface area contributed by atoms with Crippen LogP contribution in [-0.2, 0) is 14.6 Å². The predicted molar refractivity (Wildman–Crippen MR) is 82.2 cm³/mol. The molecule has 22 heavy (non-hydrogen) atoms. The summed E-state index contributed by atoms with van der Waals surface area (Å²) >= 11 is 0. The van der Waals surface area contributed by atoms with Gasteiger partial charge in [0, 0.05) is 19.5 Å². The lowest BCUT2D eigenvalue weighted by molar-refractivity contribution is -0.127. The van der Waals surface area contributed by atoms with Crippen molar-refractivity contribution in [2.45, 2.75) is 18.9 Å². The van der Waals surface area contributed by atoms with Gasteiger partial charge in [-0.15, -0.1) is 0 Å². The van der Waals surface area contributed by atoms with E-state index in [9.17, 15) is 13.2 Å². The van der Waals surface area contributed by atoms with Crippen LogP contribution in [0.2, 0.25) is 0 Å².